The van der Waals surface area contributed by atoms with Crippen LogP contribution in [0.15, 0.2) is 24.3 Å². The van der Waals surface area contributed by atoms with E-state index >= 15 is 0 Å². The van der Waals surface area contributed by atoms with Crippen molar-refractivity contribution < 1.29 is 19.4 Å². The van der Waals surface area contributed by atoms with Crippen LogP contribution in [0.4, 0.5) is 0 Å². The van der Waals surface area contributed by atoms with Gasteiger partial charge < -0.3 is 14.7 Å². The van der Waals surface area contributed by atoms with Crippen LogP contribution in [-0.4, -0.2) is 41.6 Å². The highest BCUT2D eigenvalue weighted by atomic mass is 16.5. The molecule has 5 nitrogen and oxygen atoms in total. The van der Waals surface area contributed by atoms with E-state index in [-0.39, 0.29) is 12.3 Å². The fourth-order valence-electron chi connectivity index (χ4n) is 3.24. The van der Waals surface area contributed by atoms with E-state index in [1.807, 2.05) is 29.2 Å². The van der Waals surface area contributed by atoms with Crippen molar-refractivity contribution in [3.8, 4) is 5.75 Å². The highest BCUT2D eigenvalue weighted by Crippen LogP contribution is 2.22. The molecule has 2 rings (SSSR count). The Balaban J connectivity index is 1.76. The predicted octanol–water partition coefficient (Wildman–Crippen LogP) is 3.51. The van der Waals surface area contributed by atoms with Gasteiger partial charge in [-0.2, -0.15) is 0 Å². The number of carboxylic acid groups (broad SMARTS) is 1. The molecule has 1 aliphatic heterocycles. The van der Waals surface area contributed by atoms with Gasteiger partial charge in [0, 0.05) is 25.9 Å². The standard InChI is InChI=1S/C20H29NO4/c1-2-14-25-18-9-5-16(6-10-18)7-11-19(22)21-13-3-4-17(15-21)8-12-20(23)24/h5-6,9-10,17H,2-4,7-8,11-15H2,1H3,(H,23,24). The largest absolute Gasteiger partial charge is 0.494 e. The normalized spacial score (nSPS) is 17.3. The molecule has 0 bridgehead atoms. The van der Waals surface area contributed by atoms with E-state index in [4.69, 9.17) is 9.84 Å². The highest BCUT2D eigenvalue weighted by Gasteiger charge is 2.23. The first-order chi connectivity index (χ1) is 12.1. The summed E-state index contributed by atoms with van der Waals surface area (Å²) in [6, 6.07) is 7.95. The Hall–Kier alpha value is -2.04. The Morgan fingerprint density at radius 3 is 2.68 bits per heavy atom. The molecule has 5 heteroatoms. The molecule has 1 fully saturated rings. The molecular formula is C20H29NO4. The maximum absolute atomic E-state index is 12.4. The number of amides is 1. The van der Waals surface area contributed by atoms with Gasteiger partial charge in [0.25, 0.3) is 0 Å². The van der Waals surface area contributed by atoms with Crippen LogP contribution < -0.4 is 4.74 Å². The van der Waals surface area contributed by atoms with Gasteiger partial charge in [-0.05, 0) is 55.7 Å². The van der Waals surface area contributed by atoms with Gasteiger partial charge in [-0.15, -0.1) is 0 Å². The number of likely N-dealkylation sites (tertiary alicyclic amines) is 1. The van der Waals surface area contributed by atoms with Gasteiger partial charge in [-0.25, -0.2) is 0 Å². The summed E-state index contributed by atoms with van der Waals surface area (Å²) in [6.07, 6.45) is 5.07. The van der Waals surface area contributed by atoms with Crippen molar-refractivity contribution in [3.05, 3.63) is 29.8 Å². The average Bonchev–Trinajstić information content (AvgIpc) is 2.63. The number of benzene rings is 1. The average molecular weight is 347 g/mol. The molecule has 0 spiro atoms. The first-order valence-electron chi connectivity index (χ1n) is 9.29. The molecule has 0 aliphatic carbocycles. The molecule has 1 aromatic rings. The zero-order chi connectivity index (χ0) is 18.1. The van der Waals surface area contributed by atoms with Crippen molar-refractivity contribution in [3.63, 3.8) is 0 Å². The zero-order valence-corrected chi connectivity index (χ0v) is 15.1. The second-order valence-corrected chi connectivity index (χ2v) is 6.77. The number of hydrogen-bond acceptors (Lipinski definition) is 3. The molecule has 0 aromatic heterocycles. The Morgan fingerprint density at radius 1 is 1.24 bits per heavy atom. The molecule has 1 aromatic carbocycles. The maximum Gasteiger partial charge on any atom is 0.303 e. The van der Waals surface area contributed by atoms with Crippen LogP contribution in [0.1, 0.15) is 51.0 Å². The van der Waals surface area contributed by atoms with Crippen molar-refractivity contribution in [2.24, 2.45) is 5.92 Å². The van der Waals surface area contributed by atoms with Crippen LogP contribution in [-0.2, 0) is 16.0 Å². The number of aliphatic carboxylic acids is 1. The van der Waals surface area contributed by atoms with Gasteiger partial charge in [-0.1, -0.05) is 19.1 Å². The lowest BCUT2D eigenvalue weighted by atomic mass is 9.93. The summed E-state index contributed by atoms with van der Waals surface area (Å²) in [6.45, 7) is 4.30. The maximum atomic E-state index is 12.4. The summed E-state index contributed by atoms with van der Waals surface area (Å²) in [5.41, 5.74) is 1.14. The summed E-state index contributed by atoms with van der Waals surface area (Å²) in [5.74, 6) is 0.610. The first kappa shape index (κ1) is 19.3. The topological polar surface area (TPSA) is 66.8 Å². The SMILES string of the molecule is CCCOc1ccc(CCC(=O)N2CCCC(CCC(=O)O)C2)cc1. The van der Waals surface area contributed by atoms with Gasteiger partial charge in [0.2, 0.25) is 5.91 Å². The van der Waals surface area contributed by atoms with Crippen LogP contribution in [0.3, 0.4) is 0 Å². The van der Waals surface area contributed by atoms with Crippen LogP contribution in [0.25, 0.3) is 0 Å². The smallest absolute Gasteiger partial charge is 0.303 e. The molecule has 138 valence electrons. The van der Waals surface area contributed by atoms with Crippen molar-refractivity contribution in [1.29, 1.82) is 0 Å². The molecule has 1 aliphatic rings. The predicted molar refractivity (Wildman–Crippen MR) is 96.7 cm³/mol. The minimum Gasteiger partial charge on any atom is -0.494 e. The molecule has 1 heterocycles. The number of carbonyl (C=O) groups is 2. The Kier molecular flexibility index (Phi) is 7.76. The number of carboxylic acids is 1. The fourth-order valence-corrected chi connectivity index (χ4v) is 3.24. The summed E-state index contributed by atoms with van der Waals surface area (Å²) < 4.78 is 5.57. The number of ether oxygens (including phenoxy) is 1. The summed E-state index contributed by atoms with van der Waals surface area (Å²) >= 11 is 0. The molecular weight excluding hydrogens is 318 g/mol. The highest BCUT2D eigenvalue weighted by molar-refractivity contribution is 5.76. The monoisotopic (exact) mass is 347 g/mol. The summed E-state index contributed by atoms with van der Waals surface area (Å²) in [5, 5.41) is 8.81. The number of piperidine rings is 1. The number of hydrogen-bond donors (Lipinski definition) is 1. The molecule has 1 saturated heterocycles. The second-order valence-electron chi connectivity index (χ2n) is 6.77. The van der Waals surface area contributed by atoms with Gasteiger partial charge in [0.15, 0.2) is 0 Å². The zero-order valence-electron chi connectivity index (χ0n) is 15.1. The first-order valence-corrected chi connectivity index (χ1v) is 9.29. The number of carbonyl (C=O) groups excluding carboxylic acids is 1. The minimum absolute atomic E-state index is 0.173. The van der Waals surface area contributed by atoms with Crippen molar-refractivity contribution >= 4 is 11.9 Å². The van der Waals surface area contributed by atoms with E-state index < -0.39 is 5.97 Å². The molecule has 25 heavy (non-hydrogen) atoms. The van der Waals surface area contributed by atoms with Crippen LogP contribution in [0, 0.1) is 5.92 Å². The third-order valence-corrected chi connectivity index (χ3v) is 4.66. The van der Waals surface area contributed by atoms with Crippen LogP contribution >= 0.6 is 0 Å². The quantitative estimate of drug-likeness (QED) is 0.742. The third kappa shape index (κ3) is 6.77. The van der Waals surface area contributed by atoms with E-state index in [0.717, 1.165) is 50.1 Å². The summed E-state index contributed by atoms with van der Waals surface area (Å²) in [4.78, 5) is 25.1. The Bertz CT molecular complexity index is 555. The van der Waals surface area contributed by atoms with E-state index in [1.54, 1.807) is 0 Å². The van der Waals surface area contributed by atoms with Gasteiger partial charge >= 0.3 is 5.97 Å². The lowest BCUT2D eigenvalue weighted by molar-refractivity contribution is -0.137. The molecule has 1 atom stereocenters. The fraction of sp³-hybridized carbons (Fsp3) is 0.600. The lowest BCUT2D eigenvalue weighted by Gasteiger charge is -2.32. The lowest BCUT2D eigenvalue weighted by Crippen LogP contribution is -2.40. The Morgan fingerprint density at radius 2 is 2.00 bits per heavy atom. The van der Waals surface area contributed by atoms with Crippen LogP contribution in [0.5, 0.6) is 5.75 Å². The van der Waals surface area contributed by atoms with Gasteiger partial charge in [-0.3, -0.25) is 9.59 Å². The van der Waals surface area contributed by atoms with Crippen molar-refractivity contribution in [1.82, 2.24) is 4.90 Å². The molecule has 1 N–H and O–H groups in total. The number of aryl methyl sites for hydroxylation is 1. The number of nitrogens with zero attached hydrogens (tertiary/aromatic N) is 1. The molecule has 0 radical (unpaired) electrons. The van der Waals surface area contributed by atoms with Crippen LogP contribution in [0.2, 0.25) is 0 Å². The van der Waals surface area contributed by atoms with Gasteiger partial charge in [0.05, 0.1) is 6.61 Å². The van der Waals surface area contributed by atoms with Crippen molar-refractivity contribution in [2.75, 3.05) is 19.7 Å². The van der Waals surface area contributed by atoms with E-state index in [1.165, 1.54) is 0 Å². The minimum atomic E-state index is -0.755. The van der Waals surface area contributed by atoms with Gasteiger partial charge in [0.1, 0.15) is 5.75 Å². The summed E-state index contributed by atoms with van der Waals surface area (Å²) in [7, 11) is 0. The molecule has 1 unspecified atom stereocenters. The third-order valence-electron chi connectivity index (χ3n) is 4.66. The Labute approximate surface area is 150 Å². The van der Waals surface area contributed by atoms with E-state index in [2.05, 4.69) is 6.92 Å². The molecule has 1 amide bonds. The van der Waals surface area contributed by atoms with Crippen molar-refractivity contribution in [2.45, 2.75) is 51.9 Å². The van der Waals surface area contributed by atoms with E-state index in [9.17, 15) is 9.59 Å². The van der Waals surface area contributed by atoms with E-state index in [0.29, 0.717) is 25.3 Å². The number of rotatable bonds is 9. The second kappa shape index (κ2) is 10.1. The molecule has 0 saturated carbocycles.